The van der Waals surface area contributed by atoms with Gasteiger partial charge in [-0.3, -0.25) is 0 Å². The number of rotatable bonds is 0. The molecule has 2 N–H and O–H groups in total. The first kappa shape index (κ1) is 8.44. The van der Waals surface area contributed by atoms with E-state index in [1.54, 1.807) is 0 Å². The van der Waals surface area contributed by atoms with Crippen molar-refractivity contribution in [3.8, 4) is 0 Å². The molecule has 1 saturated heterocycles. The summed E-state index contributed by atoms with van der Waals surface area (Å²) in [6.07, 6.45) is 1.18. The van der Waals surface area contributed by atoms with Crippen LogP contribution in [0.5, 0.6) is 0 Å². The minimum Gasteiger partial charge on any atom is -0.372 e. The van der Waals surface area contributed by atoms with E-state index < -0.39 is 0 Å². The lowest BCUT2D eigenvalue weighted by atomic mass is 9.84. The Bertz CT molecular complexity index is 155. The van der Waals surface area contributed by atoms with Crippen molar-refractivity contribution in [2.24, 2.45) is 5.41 Å². The SMILES string of the molecule is C=C1NCCC(C(C)(C)C)N1. The highest BCUT2D eigenvalue weighted by molar-refractivity contribution is 4.99. The zero-order chi connectivity index (χ0) is 8.48. The Hall–Kier alpha value is -0.660. The summed E-state index contributed by atoms with van der Waals surface area (Å²) >= 11 is 0. The quantitative estimate of drug-likeness (QED) is 0.552. The lowest BCUT2D eigenvalue weighted by Crippen LogP contribution is -2.48. The van der Waals surface area contributed by atoms with Gasteiger partial charge >= 0.3 is 0 Å². The molecule has 1 fully saturated rings. The van der Waals surface area contributed by atoms with Crippen molar-refractivity contribution in [2.75, 3.05) is 6.54 Å². The average molecular weight is 154 g/mol. The maximum absolute atomic E-state index is 3.86. The normalized spacial score (nSPS) is 25.7. The molecule has 0 aromatic heterocycles. The lowest BCUT2D eigenvalue weighted by Gasteiger charge is -2.36. The molecule has 11 heavy (non-hydrogen) atoms. The van der Waals surface area contributed by atoms with Crippen molar-refractivity contribution < 1.29 is 0 Å². The molecule has 64 valence electrons. The molecule has 1 heterocycles. The molecule has 1 aliphatic rings. The summed E-state index contributed by atoms with van der Waals surface area (Å²) in [6.45, 7) is 11.7. The number of hydrogen-bond acceptors (Lipinski definition) is 2. The second-order valence-electron chi connectivity index (χ2n) is 4.26. The summed E-state index contributed by atoms with van der Waals surface area (Å²) in [5.74, 6) is 0.969. The van der Waals surface area contributed by atoms with E-state index in [1.807, 2.05) is 0 Å². The van der Waals surface area contributed by atoms with Gasteiger partial charge in [-0.2, -0.15) is 0 Å². The van der Waals surface area contributed by atoms with Crippen LogP contribution in [0.1, 0.15) is 27.2 Å². The van der Waals surface area contributed by atoms with Crippen LogP contribution in [0.3, 0.4) is 0 Å². The Morgan fingerprint density at radius 1 is 1.45 bits per heavy atom. The van der Waals surface area contributed by atoms with Crippen molar-refractivity contribution in [1.82, 2.24) is 10.6 Å². The van der Waals surface area contributed by atoms with E-state index in [0.717, 1.165) is 12.4 Å². The Balaban J connectivity index is 2.53. The summed E-state index contributed by atoms with van der Waals surface area (Å²) < 4.78 is 0. The van der Waals surface area contributed by atoms with Gasteiger partial charge in [0.2, 0.25) is 0 Å². The molecule has 0 aromatic carbocycles. The molecule has 2 nitrogen and oxygen atoms in total. The summed E-state index contributed by atoms with van der Waals surface area (Å²) in [6, 6.07) is 0.566. The fourth-order valence-electron chi connectivity index (χ4n) is 1.35. The second-order valence-corrected chi connectivity index (χ2v) is 4.26. The summed E-state index contributed by atoms with van der Waals surface area (Å²) in [5, 5.41) is 6.53. The van der Waals surface area contributed by atoms with Gasteiger partial charge in [-0.15, -0.1) is 0 Å². The Labute approximate surface area is 69.1 Å². The van der Waals surface area contributed by atoms with Gasteiger partial charge in [-0.1, -0.05) is 27.4 Å². The highest BCUT2D eigenvalue weighted by atomic mass is 15.1. The van der Waals surface area contributed by atoms with Crippen molar-refractivity contribution in [2.45, 2.75) is 33.2 Å². The summed E-state index contributed by atoms with van der Waals surface area (Å²) in [5.41, 5.74) is 0.338. The van der Waals surface area contributed by atoms with E-state index in [1.165, 1.54) is 6.42 Å². The topological polar surface area (TPSA) is 24.1 Å². The predicted molar refractivity (Wildman–Crippen MR) is 48.1 cm³/mol. The van der Waals surface area contributed by atoms with Crippen LogP contribution in [-0.2, 0) is 0 Å². The van der Waals surface area contributed by atoms with E-state index in [4.69, 9.17) is 0 Å². The maximum Gasteiger partial charge on any atom is 0.0914 e. The van der Waals surface area contributed by atoms with Gasteiger partial charge in [0.05, 0.1) is 5.82 Å². The molecule has 0 bridgehead atoms. The largest absolute Gasteiger partial charge is 0.372 e. The average Bonchev–Trinajstić information content (AvgIpc) is 1.86. The molecule has 0 radical (unpaired) electrons. The van der Waals surface area contributed by atoms with Gasteiger partial charge in [0.15, 0.2) is 0 Å². The fourth-order valence-corrected chi connectivity index (χ4v) is 1.35. The molecule has 0 amide bonds. The van der Waals surface area contributed by atoms with Crippen LogP contribution in [-0.4, -0.2) is 12.6 Å². The van der Waals surface area contributed by atoms with Crippen LogP contribution in [0, 0.1) is 5.41 Å². The smallest absolute Gasteiger partial charge is 0.0914 e. The van der Waals surface area contributed by atoms with Crippen LogP contribution in [0.2, 0.25) is 0 Å². The second kappa shape index (κ2) is 2.76. The van der Waals surface area contributed by atoms with Crippen molar-refractivity contribution in [3.63, 3.8) is 0 Å². The maximum atomic E-state index is 3.86. The van der Waals surface area contributed by atoms with Gasteiger partial charge in [0, 0.05) is 12.6 Å². The van der Waals surface area contributed by atoms with Gasteiger partial charge < -0.3 is 10.6 Å². The first-order valence-electron chi connectivity index (χ1n) is 4.19. The third-order valence-electron chi connectivity index (χ3n) is 2.17. The highest BCUT2D eigenvalue weighted by Crippen LogP contribution is 2.23. The van der Waals surface area contributed by atoms with Crippen molar-refractivity contribution in [1.29, 1.82) is 0 Å². The summed E-state index contributed by atoms with van der Waals surface area (Å²) in [4.78, 5) is 0. The number of hydrogen-bond donors (Lipinski definition) is 2. The third kappa shape index (κ3) is 2.14. The van der Waals surface area contributed by atoms with Crippen molar-refractivity contribution in [3.05, 3.63) is 12.4 Å². The van der Waals surface area contributed by atoms with Gasteiger partial charge in [0.1, 0.15) is 0 Å². The van der Waals surface area contributed by atoms with E-state index in [2.05, 4.69) is 38.0 Å². The molecule has 1 unspecified atom stereocenters. The molecule has 0 aromatic rings. The van der Waals surface area contributed by atoms with Crippen LogP contribution in [0.25, 0.3) is 0 Å². The Morgan fingerprint density at radius 2 is 2.09 bits per heavy atom. The van der Waals surface area contributed by atoms with E-state index in [9.17, 15) is 0 Å². The van der Waals surface area contributed by atoms with Gasteiger partial charge in [-0.25, -0.2) is 0 Å². The fraction of sp³-hybridized carbons (Fsp3) is 0.778. The van der Waals surface area contributed by atoms with Gasteiger partial charge in [0.25, 0.3) is 0 Å². The minimum atomic E-state index is 0.338. The first-order valence-corrected chi connectivity index (χ1v) is 4.19. The molecule has 0 aliphatic carbocycles. The monoisotopic (exact) mass is 154 g/mol. The van der Waals surface area contributed by atoms with E-state index in [0.29, 0.717) is 11.5 Å². The molecule has 2 heteroatoms. The van der Waals surface area contributed by atoms with Crippen LogP contribution >= 0.6 is 0 Å². The number of nitrogens with one attached hydrogen (secondary N) is 2. The first-order chi connectivity index (χ1) is 5.00. The third-order valence-corrected chi connectivity index (χ3v) is 2.17. The predicted octanol–water partition coefficient (Wildman–Crippen LogP) is 1.46. The standard InChI is InChI=1S/C9H18N2/c1-7-10-6-5-8(11-7)9(2,3)4/h8,10-11H,1,5-6H2,2-4H3. The molecule has 0 saturated carbocycles. The van der Waals surface area contributed by atoms with Crippen molar-refractivity contribution >= 4 is 0 Å². The lowest BCUT2D eigenvalue weighted by molar-refractivity contribution is 0.246. The molecular weight excluding hydrogens is 136 g/mol. The Kier molecular flexibility index (Phi) is 2.12. The van der Waals surface area contributed by atoms with Gasteiger partial charge in [-0.05, 0) is 11.8 Å². The zero-order valence-electron chi connectivity index (χ0n) is 7.70. The zero-order valence-corrected chi connectivity index (χ0v) is 7.70. The van der Waals surface area contributed by atoms with Crippen LogP contribution in [0.15, 0.2) is 12.4 Å². The Morgan fingerprint density at radius 3 is 2.45 bits per heavy atom. The molecule has 0 spiro atoms. The summed E-state index contributed by atoms with van der Waals surface area (Å²) in [7, 11) is 0. The molecule has 1 rings (SSSR count). The molecule has 1 aliphatic heterocycles. The van der Waals surface area contributed by atoms with E-state index >= 15 is 0 Å². The van der Waals surface area contributed by atoms with Crippen LogP contribution < -0.4 is 10.6 Å². The van der Waals surface area contributed by atoms with Crippen LogP contribution in [0.4, 0.5) is 0 Å². The minimum absolute atomic E-state index is 0.338. The highest BCUT2D eigenvalue weighted by Gasteiger charge is 2.26. The molecule has 1 atom stereocenters. The van der Waals surface area contributed by atoms with E-state index in [-0.39, 0.29) is 0 Å². The molecular formula is C9H18N2.